The molecule has 0 heterocycles. The van der Waals surface area contributed by atoms with Crippen molar-refractivity contribution >= 4 is 0 Å². The zero-order valence-corrected chi connectivity index (χ0v) is 8.67. The fourth-order valence-electron chi connectivity index (χ4n) is 1.72. The molecule has 0 atom stereocenters. The largest absolute Gasteiger partial charge is 0.0885 e. The molecule has 0 fully saturated rings. The van der Waals surface area contributed by atoms with Crippen LogP contribution >= 0.6 is 0 Å². The second-order valence-corrected chi connectivity index (χ2v) is 3.87. The van der Waals surface area contributed by atoms with Crippen molar-refractivity contribution in [3.63, 3.8) is 0 Å². The Bertz CT molecular complexity index is 135. The van der Waals surface area contributed by atoms with Gasteiger partial charge in [-0.3, -0.25) is 0 Å². The Morgan fingerprint density at radius 2 is 0.769 bits per heavy atom. The van der Waals surface area contributed by atoms with Crippen molar-refractivity contribution in [1.29, 1.82) is 0 Å². The summed E-state index contributed by atoms with van der Waals surface area (Å²) in [6.45, 7) is 0. The zero-order valence-electron chi connectivity index (χ0n) is 8.67. The van der Waals surface area contributed by atoms with Crippen LogP contribution in [-0.2, 0) is 0 Å². The molecule has 1 aliphatic carbocycles. The van der Waals surface area contributed by atoms with E-state index in [1.54, 1.807) is 0 Å². The molecule has 0 aromatic heterocycles. The second-order valence-electron chi connectivity index (χ2n) is 3.87. The lowest BCUT2D eigenvalue weighted by molar-refractivity contribution is 0.622. The maximum atomic E-state index is 2.35. The molecule has 0 radical (unpaired) electrons. The van der Waals surface area contributed by atoms with E-state index in [0.29, 0.717) is 0 Å². The molecule has 0 spiro atoms. The van der Waals surface area contributed by atoms with Gasteiger partial charge in [-0.15, -0.1) is 0 Å². The molecule has 0 aliphatic heterocycles. The number of hydrogen-bond acceptors (Lipinski definition) is 0. The highest BCUT2D eigenvalue weighted by atomic mass is 14.0. The molecule has 13 heavy (non-hydrogen) atoms. The average molecular weight is 178 g/mol. The quantitative estimate of drug-likeness (QED) is 0.475. The van der Waals surface area contributed by atoms with Gasteiger partial charge in [-0.05, 0) is 38.5 Å². The minimum Gasteiger partial charge on any atom is -0.0885 e. The van der Waals surface area contributed by atoms with Crippen molar-refractivity contribution in [2.45, 2.75) is 57.8 Å². The van der Waals surface area contributed by atoms with E-state index in [4.69, 9.17) is 0 Å². The van der Waals surface area contributed by atoms with Gasteiger partial charge in [0.25, 0.3) is 0 Å². The monoisotopic (exact) mass is 178 g/mol. The molecule has 0 nitrogen and oxygen atoms in total. The van der Waals surface area contributed by atoms with Gasteiger partial charge in [-0.25, -0.2) is 0 Å². The molecule has 74 valence electrons. The van der Waals surface area contributed by atoms with Crippen LogP contribution in [0.3, 0.4) is 0 Å². The van der Waals surface area contributed by atoms with Gasteiger partial charge in [-0.1, -0.05) is 43.6 Å². The van der Waals surface area contributed by atoms with Crippen LogP contribution in [0.15, 0.2) is 24.3 Å². The van der Waals surface area contributed by atoms with E-state index in [0.717, 1.165) is 0 Å². The van der Waals surface area contributed by atoms with Gasteiger partial charge >= 0.3 is 0 Å². The van der Waals surface area contributed by atoms with E-state index in [-0.39, 0.29) is 0 Å². The highest BCUT2D eigenvalue weighted by Gasteiger charge is 1.89. The zero-order chi connectivity index (χ0) is 9.19. The van der Waals surface area contributed by atoms with Crippen LogP contribution in [0.5, 0.6) is 0 Å². The highest BCUT2D eigenvalue weighted by Crippen LogP contribution is 2.09. The molecule has 0 amide bonds. The Morgan fingerprint density at radius 3 is 1.31 bits per heavy atom. The molecule has 0 heteroatoms. The number of rotatable bonds is 0. The van der Waals surface area contributed by atoms with Crippen molar-refractivity contribution in [1.82, 2.24) is 0 Å². The van der Waals surface area contributed by atoms with Gasteiger partial charge < -0.3 is 0 Å². The Hall–Kier alpha value is -0.520. The molecule has 0 bridgehead atoms. The van der Waals surface area contributed by atoms with Crippen LogP contribution in [0.2, 0.25) is 0 Å². The van der Waals surface area contributed by atoms with Crippen molar-refractivity contribution in [2.75, 3.05) is 0 Å². The third-order valence-corrected chi connectivity index (χ3v) is 2.57. The molecule has 0 N–H and O–H groups in total. The topological polar surface area (TPSA) is 0 Å². The Labute approximate surface area is 82.7 Å². The predicted molar refractivity (Wildman–Crippen MR) is 59.8 cm³/mol. The number of allylic oxidation sites excluding steroid dienone is 4. The molecule has 0 saturated carbocycles. The lowest BCUT2D eigenvalue weighted by atomic mass is 10.1. The van der Waals surface area contributed by atoms with E-state index < -0.39 is 0 Å². The first kappa shape index (κ1) is 10.6. The van der Waals surface area contributed by atoms with Crippen LogP contribution < -0.4 is 0 Å². The summed E-state index contributed by atoms with van der Waals surface area (Å²) in [6, 6.07) is 0. The summed E-state index contributed by atoms with van der Waals surface area (Å²) in [5, 5.41) is 0. The van der Waals surface area contributed by atoms with E-state index >= 15 is 0 Å². The van der Waals surface area contributed by atoms with Gasteiger partial charge in [0, 0.05) is 0 Å². The molecule has 0 unspecified atom stereocenters. The minimum absolute atomic E-state index is 1.23. The summed E-state index contributed by atoms with van der Waals surface area (Å²) in [7, 11) is 0. The Kier molecular flexibility index (Phi) is 6.58. The maximum Gasteiger partial charge on any atom is -0.0316 e. The molecule has 0 aromatic carbocycles. The summed E-state index contributed by atoms with van der Waals surface area (Å²) in [5.41, 5.74) is 0. The average Bonchev–Trinajstić information content (AvgIpc) is 2.18. The fourth-order valence-corrected chi connectivity index (χ4v) is 1.72. The molecular weight excluding hydrogens is 156 g/mol. The van der Waals surface area contributed by atoms with Crippen LogP contribution in [0, 0.1) is 0 Å². The van der Waals surface area contributed by atoms with Crippen molar-refractivity contribution in [2.24, 2.45) is 0 Å². The SMILES string of the molecule is C1=CCCCCCCC/C=C/CC1. The van der Waals surface area contributed by atoms with E-state index in [9.17, 15) is 0 Å². The second kappa shape index (κ2) is 8.10. The lowest BCUT2D eigenvalue weighted by Gasteiger charge is -1.97. The van der Waals surface area contributed by atoms with Crippen molar-refractivity contribution in [3.05, 3.63) is 24.3 Å². The smallest absolute Gasteiger partial charge is 0.0316 e. The molecule has 1 aliphatic rings. The third kappa shape index (κ3) is 6.62. The van der Waals surface area contributed by atoms with Gasteiger partial charge in [-0.2, -0.15) is 0 Å². The first-order valence-corrected chi connectivity index (χ1v) is 5.80. The van der Waals surface area contributed by atoms with Crippen LogP contribution in [0.4, 0.5) is 0 Å². The van der Waals surface area contributed by atoms with E-state index in [2.05, 4.69) is 24.3 Å². The molecule has 0 aromatic rings. The summed E-state index contributed by atoms with van der Waals surface area (Å²) in [5.74, 6) is 0. The standard InChI is InChI=1S/C13H22/c1-2-4-6-8-10-12-13-11-9-7-5-3-1/h1-2,7,9H,3-6,8,10-13H2/b2-1+,9-7?. The molecule has 0 saturated heterocycles. The van der Waals surface area contributed by atoms with Crippen molar-refractivity contribution in [3.8, 4) is 0 Å². The van der Waals surface area contributed by atoms with Gasteiger partial charge in [0.2, 0.25) is 0 Å². The fraction of sp³-hybridized carbons (Fsp3) is 0.692. The lowest BCUT2D eigenvalue weighted by Crippen LogP contribution is -1.77. The van der Waals surface area contributed by atoms with Gasteiger partial charge in [0.1, 0.15) is 0 Å². The summed E-state index contributed by atoms with van der Waals surface area (Å²) < 4.78 is 0. The Balaban J connectivity index is 2.18. The van der Waals surface area contributed by atoms with Crippen LogP contribution in [0.25, 0.3) is 0 Å². The third-order valence-electron chi connectivity index (χ3n) is 2.57. The normalized spacial score (nSPS) is 24.0. The van der Waals surface area contributed by atoms with E-state index in [1.165, 1.54) is 57.8 Å². The van der Waals surface area contributed by atoms with Gasteiger partial charge in [0.05, 0.1) is 0 Å². The van der Waals surface area contributed by atoms with E-state index in [1.807, 2.05) is 0 Å². The van der Waals surface area contributed by atoms with Crippen LogP contribution in [-0.4, -0.2) is 0 Å². The molecule has 1 rings (SSSR count). The maximum absolute atomic E-state index is 2.35. The number of hydrogen-bond donors (Lipinski definition) is 0. The first-order valence-electron chi connectivity index (χ1n) is 5.80. The summed E-state index contributed by atoms with van der Waals surface area (Å²) >= 11 is 0. The van der Waals surface area contributed by atoms with Crippen LogP contribution in [0.1, 0.15) is 57.8 Å². The summed E-state index contributed by atoms with van der Waals surface area (Å²) in [6.07, 6.45) is 21.5. The first-order chi connectivity index (χ1) is 6.50. The minimum atomic E-state index is 1.23. The summed E-state index contributed by atoms with van der Waals surface area (Å²) in [4.78, 5) is 0. The predicted octanol–water partition coefficient (Wildman–Crippen LogP) is 4.62. The molecular formula is C13H22. The van der Waals surface area contributed by atoms with Gasteiger partial charge in [0.15, 0.2) is 0 Å². The van der Waals surface area contributed by atoms with Crippen molar-refractivity contribution < 1.29 is 0 Å². The highest BCUT2D eigenvalue weighted by molar-refractivity contribution is 4.88. The Morgan fingerprint density at radius 1 is 0.385 bits per heavy atom.